The Kier molecular flexibility index (Phi) is 5.20. The van der Waals surface area contributed by atoms with Crippen molar-refractivity contribution in [3.05, 3.63) is 0 Å². The maximum atomic E-state index is 12.2. The van der Waals surface area contributed by atoms with Crippen molar-refractivity contribution >= 4 is 5.91 Å². The monoisotopic (exact) mass is 254 g/mol. The maximum absolute atomic E-state index is 12.2. The highest BCUT2D eigenvalue weighted by Crippen LogP contribution is 2.36. The third kappa shape index (κ3) is 4.27. The highest BCUT2D eigenvalue weighted by atomic mass is 16.2. The van der Waals surface area contributed by atoms with E-state index in [2.05, 4.69) is 27.7 Å². The lowest BCUT2D eigenvalue weighted by Crippen LogP contribution is -2.43. The normalized spacial score (nSPS) is 21.9. The van der Waals surface area contributed by atoms with Crippen molar-refractivity contribution in [3.8, 4) is 0 Å². The van der Waals surface area contributed by atoms with Gasteiger partial charge in [-0.15, -0.1) is 0 Å². The highest BCUT2D eigenvalue weighted by Gasteiger charge is 2.30. The molecule has 0 bridgehead atoms. The van der Waals surface area contributed by atoms with Crippen LogP contribution in [0.5, 0.6) is 0 Å². The van der Waals surface area contributed by atoms with Crippen LogP contribution in [0.1, 0.15) is 59.8 Å². The zero-order valence-electron chi connectivity index (χ0n) is 12.7. The highest BCUT2D eigenvalue weighted by molar-refractivity contribution is 5.76. The summed E-state index contributed by atoms with van der Waals surface area (Å²) in [5.41, 5.74) is 6.43. The zero-order valence-corrected chi connectivity index (χ0v) is 12.7. The van der Waals surface area contributed by atoms with Gasteiger partial charge in [-0.3, -0.25) is 4.79 Å². The van der Waals surface area contributed by atoms with Crippen molar-refractivity contribution in [2.45, 2.75) is 71.9 Å². The summed E-state index contributed by atoms with van der Waals surface area (Å²) in [6.07, 6.45) is 5.17. The topological polar surface area (TPSA) is 46.3 Å². The molecule has 1 amide bonds. The minimum absolute atomic E-state index is 0.0139. The van der Waals surface area contributed by atoms with Crippen LogP contribution >= 0.6 is 0 Å². The van der Waals surface area contributed by atoms with Gasteiger partial charge in [-0.2, -0.15) is 0 Å². The van der Waals surface area contributed by atoms with Crippen LogP contribution in [0.15, 0.2) is 0 Å². The molecule has 1 saturated carbocycles. The lowest BCUT2D eigenvalue weighted by Gasteiger charge is -2.39. The molecule has 3 heteroatoms. The SMILES string of the molecule is CC(C)C(N)CC(=O)N(C)C1CCC(C)(C)CC1. The Labute approximate surface area is 112 Å². The van der Waals surface area contributed by atoms with Gasteiger partial charge in [-0.25, -0.2) is 0 Å². The van der Waals surface area contributed by atoms with Crippen LogP contribution in [0.4, 0.5) is 0 Å². The van der Waals surface area contributed by atoms with E-state index in [0.29, 0.717) is 23.8 Å². The van der Waals surface area contributed by atoms with E-state index < -0.39 is 0 Å². The molecule has 0 aromatic rings. The first-order chi connectivity index (χ1) is 8.23. The molecule has 1 atom stereocenters. The Hall–Kier alpha value is -0.570. The molecule has 1 rings (SSSR count). The number of hydrogen-bond donors (Lipinski definition) is 1. The second kappa shape index (κ2) is 6.05. The predicted octanol–water partition coefficient (Wildman–Crippen LogP) is 2.79. The number of nitrogens with zero attached hydrogens (tertiary/aromatic N) is 1. The van der Waals surface area contributed by atoms with Crippen LogP contribution in [0.25, 0.3) is 0 Å². The van der Waals surface area contributed by atoms with Crippen LogP contribution in [0, 0.1) is 11.3 Å². The summed E-state index contributed by atoms with van der Waals surface area (Å²) >= 11 is 0. The molecule has 1 aliphatic carbocycles. The van der Waals surface area contributed by atoms with Crippen LogP contribution in [0.3, 0.4) is 0 Å². The van der Waals surface area contributed by atoms with Crippen molar-refractivity contribution in [3.63, 3.8) is 0 Å². The van der Waals surface area contributed by atoms with Crippen LogP contribution in [-0.2, 0) is 4.79 Å². The fourth-order valence-electron chi connectivity index (χ4n) is 2.56. The number of carbonyl (C=O) groups excluding carboxylic acids is 1. The molecular weight excluding hydrogens is 224 g/mol. The molecular formula is C15H30N2O. The van der Waals surface area contributed by atoms with Crippen molar-refractivity contribution < 1.29 is 4.79 Å². The lowest BCUT2D eigenvalue weighted by atomic mass is 9.75. The van der Waals surface area contributed by atoms with E-state index in [9.17, 15) is 4.79 Å². The van der Waals surface area contributed by atoms with E-state index in [1.807, 2.05) is 11.9 Å². The molecule has 0 aromatic carbocycles. The Morgan fingerprint density at radius 1 is 1.33 bits per heavy atom. The Balaban J connectivity index is 2.45. The van der Waals surface area contributed by atoms with Gasteiger partial charge in [0.05, 0.1) is 0 Å². The van der Waals surface area contributed by atoms with Crippen LogP contribution in [0.2, 0.25) is 0 Å². The Morgan fingerprint density at radius 2 is 1.83 bits per heavy atom. The molecule has 1 fully saturated rings. The second-order valence-electron chi connectivity index (χ2n) is 7.01. The van der Waals surface area contributed by atoms with E-state index in [0.717, 1.165) is 12.8 Å². The molecule has 0 aliphatic heterocycles. The molecule has 3 nitrogen and oxygen atoms in total. The molecule has 1 aliphatic rings. The van der Waals surface area contributed by atoms with Crippen molar-refractivity contribution in [2.24, 2.45) is 17.1 Å². The summed E-state index contributed by atoms with van der Waals surface area (Å²) in [4.78, 5) is 14.1. The van der Waals surface area contributed by atoms with E-state index in [1.165, 1.54) is 12.8 Å². The van der Waals surface area contributed by atoms with E-state index in [1.54, 1.807) is 0 Å². The number of amides is 1. The molecule has 0 aromatic heterocycles. The van der Waals surface area contributed by atoms with Gasteiger partial charge in [-0.1, -0.05) is 27.7 Å². The molecule has 106 valence electrons. The van der Waals surface area contributed by atoms with Gasteiger partial charge in [0.2, 0.25) is 5.91 Å². The molecule has 0 spiro atoms. The summed E-state index contributed by atoms with van der Waals surface area (Å²) in [6, 6.07) is 0.407. The largest absolute Gasteiger partial charge is 0.343 e. The Bertz CT molecular complexity index is 276. The van der Waals surface area contributed by atoms with Crippen LogP contribution in [-0.4, -0.2) is 29.9 Å². The summed E-state index contributed by atoms with van der Waals surface area (Å²) in [5.74, 6) is 0.577. The van der Waals surface area contributed by atoms with Gasteiger partial charge >= 0.3 is 0 Å². The van der Waals surface area contributed by atoms with Gasteiger partial charge in [0.1, 0.15) is 0 Å². The van der Waals surface area contributed by atoms with Gasteiger partial charge in [0.25, 0.3) is 0 Å². The number of nitrogens with two attached hydrogens (primary N) is 1. The van der Waals surface area contributed by atoms with Crippen molar-refractivity contribution in [1.29, 1.82) is 0 Å². The van der Waals surface area contributed by atoms with Gasteiger partial charge in [-0.05, 0) is 37.0 Å². The number of rotatable bonds is 4. The summed E-state index contributed by atoms with van der Waals surface area (Å²) in [5, 5.41) is 0. The summed E-state index contributed by atoms with van der Waals surface area (Å²) in [7, 11) is 1.94. The summed E-state index contributed by atoms with van der Waals surface area (Å²) in [6.45, 7) is 8.78. The average molecular weight is 254 g/mol. The zero-order chi connectivity index (χ0) is 13.9. The van der Waals surface area contributed by atoms with E-state index in [4.69, 9.17) is 5.73 Å². The molecule has 1 unspecified atom stereocenters. The molecule has 0 radical (unpaired) electrons. The smallest absolute Gasteiger partial charge is 0.224 e. The van der Waals surface area contributed by atoms with Gasteiger partial charge in [0, 0.05) is 25.6 Å². The van der Waals surface area contributed by atoms with Crippen LogP contribution < -0.4 is 5.73 Å². The minimum Gasteiger partial charge on any atom is -0.343 e. The predicted molar refractivity (Wildman–Crippen MR) is 76.2 cm³/mol. The third-order valence-corrected chi connectivity index (χ3v) is 4.52. The Morgan fingerprint density at radius 3 is 2.28 bits per heavy atom. The minimum atomic E-state index is -0.0139. The fraction of sp³-hybridized carbons (Fsp3) is 0.933. The van der Waals surface area contributed by atoms with E-state index >= 15 is 0 Å². The maximum Gasteiger partial charge on any atom is 0.224 e. The number of hydrogen-bond acceptors (Lipinski definition) is 2. The second-order valence-corrected chi connectivity index (χ2v) is 7.01. The lowest BCUT2D eigenvalue weighted by molar-refractivity contribution is -0.133. The fourth-order valence-corrected chi connectivity index (χ4v) is 2.56. The summed E-state index contributed by atoms with van der Waals surface area (Å²) < 4.78 is 0. The number of carbonyl (C=O) groups is 1. The standard InChI is InChI=1S/C15H30N2O/c1-11(2)13(16)10-14(18)17(5)12-6-8-15(3,4)9-7-12/h11-13H,6-10,16H2,1-5H3. The van der Waals surface area contributed by atoms with Crippen molar-refractivity contribution in [2.75, 3.05) is 7.05 Å². The molecule has 0 heterocycles. The van der Waals surface area contributed by atoms with E-state index in [-0.39, 0.29) is 11.9 Å². The first-order valence-corrected chi connectivity index (χ1v) is 7.24. The van der Waals surface area contributed by atoms with Gasteiger partial charge < -0.3 is 10.6 Å². The molecule has 0 saturated heterocycles. The first-order valence-electron chi connectivity index (χ1n) is 7.24. The van der Waals surface area contributed by atoms with Gasteiger partial charge in [0.15, 0.2) is 0 Å². The average Bonchev–Trinajstić information content (AvgIpc) is 2.27. The molecule has 18 heavy (non-hydrogen) atoms. The quantitative estimate of drug-likeness (QED) is 0.838. The first kappa shape index (κ1) is 15.5. The van der Waals surface area contributed by atoms with Crippen molar-refractivity contribution in [1.82, 2.24) is 4.90 Å². The third-order valence-electron chi connectivity index (χ3n) is 4.52. The molecule has 2 N–H and O–H groups in total.